The quantitative estimate of drug-likeness (QED) is 0.725. The van der Waals surface area contributed by atoms with E-state index >= 15 is 0 Å². The van der Waals surface area contributed by atoms with Crippen molar-refractivity contribution >= 4 is 32.8 Å². The standard InChI is InChI=1S/C16H17BrN4/c1-8-5-12(17)6-9(2)14(8)21-11(4)10(3)13-15(18)19-7-20-16(13)21/h5-7H,1-4H3,(H2,18,19,20). The highest BCUT2D eigenvalue weighted by atomic mass is 79.9. The Morgan fingerprint density at radius 2 is 1.67 bits per heavy atom. The van der Waals surface area contributed by atoms with E-state index in [9.17, 15) is 0 Å². The van der Waals surface area contributed by atoms with Crippen LogP contribution in [0.2, 0.25) is 0 Å². The number of aromatic nitrogens is 3. The summed E-state index contributed by atoms with van der Waals surface area (Å²) in [4.78, 5) is 8.59. The Kier molecular flexibility index (Phi) is 3.24. The van der Waals surface area contributed by atoms with Crippen molar-refractivity contribution < 1.29 is 0 Å². The maximum atomic E-state index is 6.05. The topological polar surface area (TPSA) is 56.7 Å². The van der Waals surface area contributed by atoms with Gasteiger partial charge < -0.3 is 5.73 Å². The summed E-state index contributed by atoms with van der Waals surface area (Å²) in [7, 11) is 0. The minimum Gasteiger partial charge on any atom is -0.383 e. The van der Waals surface area contributed by atoms with E-state index in [2.05, 4.69) is 70.3 Å². The van der Waals surface area contributed by atoms with Gasteiger partial charge in [0.25, 0.3) is 0 Å². The molecule has 0 bridgehead atoms. The fourth-order valence-corrected chi connectivity index (χ4v) is 3.64. The minimum atomic E-state index is 0.534. The first-order chi connectivity index (χ1) is 9.91. The van der Waals surface area contributed by atoms with E-state index in [1.807, 2.05) is 0 Å². The van der Waals surface area contributed by atoms with E-state index in [-0.39, 0.29) is 0 Å². The van der Waals surface area contributed by atoms with Crippen molar-refractivity contribution in [2.45, 2.75) is 27.7 Å². The molecule has 0 aliphatic rings. The fraction of sp³-hybridized carbons (Fsp3) is 0.250. The van der Waals surface area contributed by atoms with Crippen LogP contribution in [0.1, 0.15) is 22.4 Å². The molecule has 0 spiro atoms. The number of nitrogen functional groups attached to an aromatic ring is 1. The Hall–Kier alpha value is -1.88. The van der Waals surface area contributed by atoms with Crippen LogP contribution in [-0.4, -0.2) is 14.5 Å². The summed E-state index contributed by atoms with van der Waals surface area (Å²) in [5.74, 6) is 0.534. The first-order valence-corrected chi connectivity index (χ1v) is 7.56. The van der Waals surface area contributed by atoms with Crippen LogP contribution >= 0.6 is 15.9 Å². The van der Waals surface area contributed by atoms with Gasteiger partial charge in [0.1, 0.15) is 12.1 Å². The van der Waals surface area contributed by atoms with Crippen LogP contribution in [0.3, 0.4) is 0 Å². The number of nitrogens with zero attached hydrogens (tertiary/aromatic N) is 3. The Bertz CT molecular complexity index is 841. The molecule has 5 heteroatoms. The van der Waals surface area contributed by atoms with Gasteiger partial charge in [0.15, 0.2) is 5.65 Å². The lowest BCUT2D eigenvalue weighted by atomic mass is 10.1. The smallest absolute Gasteiger partial charge is 0.150 e. The molecule has 0 radical (unpaired) electrons. The first-order valence-electron chi connectivity index (χ1n) is 6.77. The molecule has 108 valence electrons. The normalized spacial score (nSPS) is 11.3. The summed E-state index contributed by atoms with van der Waals surface area (Å²) in [6.07, 6.45) is 1.52. The number of benzene rings is 1. The van der Waals surface area contributed by atoms with Crippen LogP contribution in [0.15, 0.2) is 22.9 Å². The molecule has 2 heterocycles. The SMILES string of the molecule is Cc1cc(Br)cc(C)c1-n1c(C)c(C)c2c(N)ncnc21. The second-order valence-electron chi connectivity index (χ2n) is 5.39. The molecular weight excluding hydrogens is 328 g/mol. The van der Waals surface area contributed by atoms with Gasteiger partial charge in [-0.05, 0) is 56.5 Å². The number of rotatable bonds is 1. The monoisotopic (exact) mass is 344 g/mol. The van der Waals surface area contributed by atoms with Crippen molar-refractivity contribution in [3.63, 3.8) is 0 Å². The lowest BCUT2D eigenvalue weighted by Gasteiger charge is -2.15. The highest BCUT2D eigenvalue weighted by Gasteiger charge is 2.18. The first kappa shape index (κ1) is 14.1. The predicted molar refractivity (Wildman–Crippen MR) is 89.9 cm³/mol. The third-order valence-electron chi connectivity index (χ3n) is 4.00. The molecule has 2 aromatic heterocycles. The second kappa shape index (κ2) is 4.84. The molecule has 1 aromatic carbocycles. The number of hydrogen-bond acceptors (Lipinski definition) is 3. The van der Waals surface area contributed by atoms with Gasteiger partial charge in [0.2, 0.25) is 0 Å². The van der Waals surface area contributed by atoms with Gasteiger partial charge >= 0.3 is 0 Å². The van der Waals surface area contributed by atoms with Crippen molar-refractivity contribution in [3.05, 3.63) is 45.3 Å². The maximum Gasteiger partial charge on any atom is 0.150 e. The Balaban J connectivity index is 2.48. The van der Waals surface area contributed by atoms with E-state index in [0.717, 1.165) is 32.5 Å². The van der Waals surface area contributed by atoms with Gasteiger partial charge in [-0.25, -0.2) is 9.97 Å². The van der Waals surface area contributed by atoms with Crippen LogP contribution in [0, 0.1) is 27.7 Å². The van der Waals surface area contributed by atoms with E-state index < -0.39 is 0 Å². The second-order valence-corrected chi connectivity index (χ2v) is 6.31. The van der Waals surface area contributed by atoms with Crippen molar-refractivity contribution in [3.8, 4) is 5.69 Å². The molecule has 0 saturated heterocycles. The Morgan fingerprint density at radius 3 is 2.29 bits per heavy atom. The van der Waals surface area contributed by atoms with Gasteiger partial charge in [-0.3, -0.25) is 4.57 Å². The highest BCUT2D eigenvalue weighted by molar-refractivity contribution is 9.10. The summed E-state index contributed by atoms with van der Waals surface area (Å²) in [5, 5.41) is 0.941. The zero-order valence-electron chi connectivity index (χ0n) is 12.5. The summed E-state index contributed by atoms with van der Waals surface area (Å²) < 4.78 is 3.26. The number of hydrogen-bond donors (Lipinski definition) is 1. The summed E-state index contributed by atoms with van der Waals surface area (Å²) >= 11 is 3.55. The number of anilines is 1. The summed E-state index contributed by atoms with van der Waals surface area (Å²) in [6.45, 7) is 8.38. The third-order valence-corrected chi connectivity index (χ3v) is 4.46. The van der Waals surface area contributed by atoms with Crippen molar-refractivity contribution in [2.24, 2.45) is 0 Å². The van der Waals surface area contributed by atoms with Crippen molar-refractivity contribution in [1.82, 2.24) is 14.5 Å². The van der Waals surface area contributed by atoms with Gasteiger partial charge in [0, 0.05) is 10.2 Å². The van der Waals surface area contributed by atoms with Gasteiger partial charge in [-0.15, -0.1) is 0 Å². The largest absolute Gasteiger partial charge is 0.383 e. The van der Waals surface area contributed by atoms with Crippen molar-refractivity contribution in [1.29, 1.82) is 0 Å². The van der Waals surface area contributed by atoms with Gasteiger partial charge in [-0.1, -0.05) is 15.9 Å². The molecule has 0 aliphatic carbocycles. The van der Waals surface area contributed by atoms with E-state index in [0.29, 0.717) is 5.82 Å². The van der Waals surface area contributed by atoms with E-state index in [1.54, 1.807) is 0 Å². The number of nitrogens with two attached hydrogens (primary N) is 1. The fourth-order valence-electron chi connectivity index (χ4n) is 2.96. The maximum absolute atomic E-state index is 6.05. The number of fused-ring (bicyclic) bond motifs is 1. The number of halogens is 1. The van der Waals surface area contributed by atoms with Crippen LogP contribution in [-0.2, 0) is 0 Å². The summed E-state index contributed by atoms with van der Waals surface area (Å²) in [6, 6.07) is 4.24. The van der Waals surface area contributed by atoms with Crippen LogP contribution in [0.4, 0.5) is 5.82 Å². The zero-order chi connectivity index (χ0) is 15.3. The van der Waals surface area contributed by atoms with E-state index in [4.69, 9.17) is 5.73 Å². The molecule has 21 heavy (non-hydrogen) atoms. The average Bonchev–Trinajstić information content (AvgIpc) is 2.64. The average molecular weight is 345 g/mol. The molecule has 3 aromatic rings. The van der Waals surface area contributed by atoms with E-state index in [1.165, 1.54) is 17.5 Å². The van der Waals surface area contributed by atoms with Crippen LogP contribution in [0.25, 0.3) is 16.7 Å². The molecule has 3 rings (SSSR count). The molecule has 0 aliphatic heterocycles. The zero-order valence-corrected chi connectivity index (χ0v) is 14.1. The lowest BCUT2D eigenvalue weighted by molar-refractivity contribution is 0.988. The Morgan fingerprint density at radius 1 is 1.05 bits per heavy atom. The Labute approximate surface area is 132 Å². The van der Waals surface area contributed by atoms with Gasteiger partial charge in [-0.2, -0.15) is 0 Å². The molecule has 4 nitrogen and oxygen atoms in total. The molecule has 0 unspecified atom stereocenters. The lowest BCUT2D eigenvalue weighted by Crippen LogP contribution is -2.04. The molecular formula is C16H17BrN4. The summed E-state index contributed by atoms with van der Waals surface area (Å²) in [5.41, 5.74) is 12.7. The minimum absolute atomic E-state index is 0.534. The third kappa shape index (κ3) is 2.03. The molecule has 0 saturated carbocycles. The van der Waals surface area contributed by atoms with Crippen LogP contribution < -0.4 is 5.73 Å². The molecule has 0 atom stereocenters. The molecule has 0 amide bonds. The molecule has 2 N–H and O–H groups in total. The molecule has 0 fully saturated rings. The van der Waals surface area contributed by atoms with Crippen LogP contribution in [0.5, 0.6) is 0 Å². The van der Waals surface area contributed by atoms with Crippen molar-refractivity contribution in [2.75, 3.05) is 5.73 Å². The number of aryl methyl sites for hydroxylation is 3. The van der Waals surface area contributed by atoms with Gasteiger partial charge in [0.05, 0.1) is 11.1 Å². The predicted octanol–water partition coefficient (Wildman–Crippen LogP) is 4.00. The highest BCUT2D eigenvalue weighted by Crippen LogP contribution is 2.33.